The molecule has 1 aromatic heterocycles. The lowest BCUT2D eigenvalue weighted by molar-refractivity contribution is -0.121. The van der Waals surface area contributed by atoms with Crippen LogP contribution < -0.4 is 10.6 Å². The van der Waals surface area contributed by atoms with Gasteiger partial charge in [-0.25, -0.2) is 0 Å². The van der Waals surface area contributed by atoms with Crippen LogP contribution in [0, 0.1) is 0 Å². The number of aryl methyl sites for hydroxylation is 2. The van der Waals surface area contributed by atoms with E-state index in [9.17, 15) is 4.79 Å². The van der Waals surface area contributed by atoms with Gasteiger partial charge in [-0.3, -0.25) is 4.79 Å². The third-order valence-corrected chi connectivity index (χ3v) is 4.06. The Kier molecular flexibility index (Phi) is 5.85. The van der Waals surface area contributed by atoms with Crippen LogP contribution in [0.2, 0.25) is 0 Å². The van der Waals surface area contributed by atoms with Gasteiger partial charge in [0.1, 0.15) is 0 Å². The summed E-state index contributed by atoms with van der Waals surface area (Å²) in [6.45, 7) is 7.93. The molecule has 2 rings (SSSR count). The molecule has 118 valence electrons. The average Bonchev–Trinajstić information content (AvgIpc) is 2.74. The smallest absolute Gasteiger partial charge is 0.221 e. The Morgan fingerprint density at radius 2 is 2.19 bits per heavy atom. The minimum absolute atomic E-state index is 0.136. The molecule has 0 saturated heterocycles. The number of aromatic nitrogens is 1. The second kappa shape index (κ2) is 7.64. The van der Waals surface area contributed by atoms with Gasteiger partial charge in [-0.2, -0.15) is 0 Å². The van der Waals surface area contributed by atoms with Crippen molar-refractivity contribution in [1.82, 2.24) is 15.2 Å². The van der Waals surface area contributed by atoms with E-state index in [2.05, 4.69) is 34.5 Å². The predicted octanol–water partition coefficient (Wildman–Crippen LogP) is 2.78. The van der Waals surface area contributed by atoms with Gasteiger partial charge in [-0.15, -0.1) is 0 Å². The van der Waals surface area contributed by atoms with Crippen molar-refractivity contribution in [3.05, 3.63) is 23.5 Å². The van der Waals surface area contributed by atoms with E-state index in [0.717, 1.165) is 13.1 Å². The van der Waals surface area contributed by atoms with E-state index in [1.165, 1.54) is 36.8 Å². The molecule has 0 radical (unpaired) electrons. The van der Waals surface area contributed by atoms with Crippen molar-refractivity contribution >= 4 is 5.91 Å². The van der Waals surface area contributed by atoms with Crippen LogP contribution in [0.1, 0.15) is 63.6 Å². The number of nitrogens with one attached hydrogen (secondary N) is 2. The van der Waals surface area contributed by atoms with Crippen molar-refractivity contribution < 1.29 is 4.79 Å². The summed E-state index contributed by atoms with van der Waals surface area (Å²) in [4.78, 5) is 11.8. The molecule has 1 amide bonds. The van der Waals surface area contributed by atoms with Crippen LogP contribution in [-0.4, -0.2) is 23.1 Å². The van der Waals surface area contributed by atoms with Crippen LogP contribution in [-0.2, 0) is 17.8 Å². The number of hydrogen-bond acceptors (Lipinski definition) is 2. The molecule has 0 bridgehead atoms. The number of fused-ring (bicyclic) bond motifs is 1. The van der Waals surface area contributed by atoms with E-state index in [-0.39, 0.29) is 11.9 Å². The molecule has 4 heteroatoms. The highest BCUT2D eigenvalue weighted by Crippen LogP contribution is 2.29. The molecule has 1 aliphatic carbocycles. The summed E-state index contributed by atoms with van der Waals surface area (Å²) in [6, 6.07) is 0.704. The van der Waals surface area contributed by atoms with Gasteiger partial charge in [0.25, 0.3) is 0 Å². The highest BCUT2D eigenvalue weighted by molar-refractivity contribution is 5.76. The van der Waals surface area contributed by atoms with E-state index in [0.29, 0.717) is 12.5 Å². The van der Waals surface area contributed by atoms with Gasteiger partial charge < -0.3 is 15.2 Å². The Balaban J connectivity index is 2.00. The zero-order valence-corrected chi connectivity index (χ0v) is 13.6. The van der Waals surface area contributed by atoms with Crippen molar-refractivity contribution in [3.8, 4) is 0 Å². The van der Waals surface area contributed by atoms with E-state index in [1.807, 2.05) is 13.8 Å². The number of carbonyl (C=O) groups is 1. The van der Waals surface area contributed by atoms with Gasteiger partial charge in [-0.05, 0) is 50.8 Å². The maximum absolute atomic E-state index is 11.8. The molecular weight excluding hydrogens is 262 g/mol. The first kappa shape index (κ1) is 16.1. The maximum atomic E-state index is 11.8. The van der Waals surface area contributed by atoms with Crippen molar-refractivity contribution in [3.63, 3.8) is 0 Å². The highest BCUT2D eigenvalue weighted by Gasteiger charge is 2.19. The molecule has 1 aliphatic rings. The number of carbonyl (C=O) groups excluding carboxylic acids is 1. The van der Waals surface area contributed by atoms with E-state index in [1.54, 1.807) is 0 Å². The van der Waals surface area contributed by atoms with Crippen molar-refractivity contribution in [1.29, 1.82) is 0 Å². The molecule has 1 atom stereocenters. The highest BCUT2D eigenvalue weighted by atomic mass is 16.1. The molecule has 1 unspecified atom stereocenters. The Morgan fingerprint density at radius 3 is 2.90 bits per heavy atom. The normalized spacial score (nSPS) is 18.4. The molecule has 21 heavy (non-hydrogen) atoms. The summed E-state index contributed by atoms with van der Waals surface area (Å²) in [6.07, 6.45) is 10.00. The van der Waals surface area contributed by atoms with E-state index >= 15 is 0 Å². The second-order valence-electron chi connectivity index (χ2n) is 6.30. The molecule has 0 spiro atoms. The molecule has 4 nitrogen and oxygen atoms in total. The molecule has 1 heterocycles. The minimum atomic E-state index is 0.136. The SMILES string of the molecule is CCNC1CCCCc2cn(CCC(=O)NC(C)C)cc21. The third-order valence-electron chi connectivity index (χ3n) is 4.06. The number of hydrogen-bond donors (Lipinski definition) is 2. The lowest BCUT2D eigenvalue weighted by Crippen LogP contribution is -2.30. The summed E-state index contributed by atoms with van der Waals surface area (Å²) in [5.74, 6) is 0.136. The van der Waals surface area contributed by atoms with Gasteiger partial charge in [0.05, 0.1) is 0 Å². The Labute approximate surface area is 128 Å². The first-order chi connectivity index (χ1) is 10.1. The van der Waals surface area contributed by atoms with Crippen LogP contribution >= 0.6 is 0 Å². The first-order valence-electron chi connectivity index (χ1n) is 8.31. The number of nitrogens with zero attached hydrogens (tertiary/aromatic N) is 1. The van der Waals surface area contributed by atoms with Gasteiger partial charge in [-0.1, -0.05) is 13.3 Å². The summed E-state index contributed by atoms with van der Waals surface area (Å²) in [7, 11) is 0. The van der Waals surface area contributed by atoms with Crippen LogP contribution in [0.5, 0.6) is 0 Å². The van der Waals surface area contributed by atoms with Gasteiger partial charge in [0.2, 0.25) is 5.91 Å². The molecule has 0 saturated carbocycles. The fourth-order valence-electron chi connectivity index (χ4n) is 3.13. The summed E-state index contributed by atoms with van der Waals surface area (Å²) in [5, 5.41) is 6.54. The summed E-state index contributed by atoms with van der Waals surface area (Å²) >= 11 is 0. The Morgan fingerprint density at radius 1 is 1.38 bits per heavy atom. The van der Waals surface area contributed by atoms with Gasteiger partial charge in [0, 0.05) is 37.4 Å². The van der Waals surface area contributed by atoms with Crippen molar-refractivity contribution in [2.75, 3.05) is 6.54 Å². The fourth-order valence-corrected chi connectivity index (χ4v) is 3.13. The predicted molar refractivity (Wildman–Crippen MR) is 86.3 cm³/mol. The summed E-state index contributed by atoms with van der Waals surface area (Å²) in [5.41, 5.74) is 2.90. The second-order valence-corrected chi connectivity index (χ2v) is 6.30. The fraction of sp³-hybridized carbons (Fsp3) is 0.706. The molecule has 1 aromatic rings. The minimum Gasteiger partial charge on any atom is -0.354 e. The molecular formula is C17H29N3O. The first-order valence-corrected chi connectivity index (χ1v) is 8.31. The Bertz CT molecular complexity index is 465. The van der Waals surface area contributed by atoms with E-state index < -0.39 is 0 Å². The van der Waals surface area contributed by atoms with Gasteiger partial charge >= 0.3 is 0 Å². The quantitative estimate of drug-likeness (QED) is 0.792. The molecule has 0 fully saturated rings. The third kappa shape index (κ3) is 4.60. The number of rotatable bonds is 6. The average molecular weight is 291 g/mol. The lowest BCUT2D eigenvalue weighted by atomic mass is 10.0. The zero-order valence-electron chi connectivity index (χ0n) is 13.6. The topological polar surface area (TPSA) is 46.1 Å². The van der Waals surface area contributed by atoms with Crippen molar-refractivity contribution in [2.24, 2.45) is 0 Å². The van der Waals surface area contributed by atoms with E-state index in [4.69, 9.17) is 0 Å². The standard InChI is InChI=1S/C17H29N3O/c1-4-18-16-8-6-5-7-14-11-20(12-15(14)16)10-9-17(21)19-13(2)3/h11-13,16,18H,4-10H2,1-3H3,(H,19,21). The van der Waals surface area contributed by atoms with Crippen molar-refractivity contribution in [2.45, 2.75) is 71.5 Å². The van der Waals surface area contributed by atoms with Crippen LogP contribution in [0.4, 0.5) is 0 Å². The van der Waals surface area contributed by atoms with Crippen LogP contribution in [0.3, 0.4) is 0 Å². The zero-order chi connectivity index (χ0) is 15.2. The van der Waals surface area contributed by atoms with Crippen LogP contribution in [0.15, 0.2) is 12.4 Å². The van der Waals surface area contributed by atoms with Gasteiger partial charge in [0.15, 0.2) is 0 Å². The number of amides is 1. The summed E-state index contributed by atoms with van der Waals surface area (Å²) < 4.78 is 2.19. The molecule has 0 aliphatic heterocycles. The lowest BCUT2D eigenvalue weighted by Gasteiger charge is -2.15. The maximum Gasteiger partial charge on any atom is 0.221 e. The Hall–Kier alpha value is -1.29. The molecule has 0 aromatic carbocycles. The monoisotopic (exact) mass is 291 g/mol. The molecule has 2 N–H and O–H groups in total. The van der Waals surface area contributed by atoms with Crippen LogP contribution in [0.25, 0.3) is 0 Å². The largest absolute Gasteiger partial charge is 0.354 e.